The molecule has 3 unspecified atom stereocenters. The van der Waals surface area contributed by atoms with Gasteiger partial charge >= 0.3 is 0 Å². The Labute approximate surface area is 112 Å². The average Bonchev–Trinajstić information content (AvgIpc) is 2.34. The van der Waals surface area contributed by atoms with Crippen LogP contribution >= 0.6 is 0 Å². The lowest BCUT2D eigenvalue weighted by Gasteiger charge is -2.53. The van der Waals surface area contributed by atoms with Crippen LogP contribution in [0, 0.1) is 17.3 Å². The minimum absolute atomic E-state index is 0.242. The Morgan fingerprint density at radius 3 is 2.78 bits per heavy atom. The maximum absolute atomic E-state index is 5.91. The third-order valence-electron chi connectivity index (χ3n) is 5.02. The second-order valence-electron chi connectivity index (χ2n) is 6.75. The van der Waals surface area contributed by atoms with E-state index in [2.05, 4.69) is 40.3 Å². The quantitative estimate of drug-likeness (QED) is 0.641. The van der Waals surface area contributed by atoms with Gasteiger partial charge in [-0.05, 0) is 62.4 Å². The monoisotopic (exact) mass is 248 g/mol. The lowest BCUT2D eigenvalue weighted by molar-refractivity contribution is -0.0153. The Kier molecular flexibility index (Phi) is 4.01. The van der Waals surface area contributed by atoms with Crippen molar-refractivity contribution >= 4 is 0 Å². The van der Waals surface area contributed by atoms with Crippen molar-refractivity contribution in [3.8, 4) is 0 Å². The molecule has 0 radical (unpaired) electrons. The summed E-state index contributed by atoms with van der Waals surface area (Å²) in [5.74, 6) is 1.49. The Morgan fingerprint density at radius 2 is 2.17 bits per heavy atom. The van der Waals surface area contributed by atoms with E-state index in [1.807, 2.05) is 0 Å². The SMILES string of the molecule is C=C1C(OCC)CC=C(C)CCC2C1CC2(C)C. The van der Waals surface area contributed by atoms with E-state index in [0.717, 1.165) is 18.9 Å². The average molecular weight is 248 g/mol. The lowest BCUT2D eigenvalue weighted by Crippen LogP contribution is -2.46. The summed E-state index contributed by atoms with van der Waals surface area (Å²) < 4.78 is 5.91. The van der Waals surface area contributed by atoms with Crippen LogP contribution in [0.4, 0.5) is 0 Å². The Hall–Kier alpha value is -0.560. The molecular weight excluding hydrogens is 220 g/mol. The maximum Gasteiger partial charge on any atom is 0.0819 e. The molecule has 0 spiro atoms. The summed E-state index contributed by atoms with van der Waals surface area (Å²) in [7, 11) is 0. The highest BCUT2D eigenvalue weighted by Crippen LogP contribution is 2.56. The van der Waals surface area contributed by atoms with E-state index in [9.17, 15) is 0 Å². The molecule has 0 saturated heterocycles. The van der Waals surface area contributed by atoms with Gasteiger partial charge in [-0.15, -0.1) is 0 Å². The number of hydrogen-bond acceptors (Lipinski definition) is 1. The lowest BCUT2D eigenvalue weighted by atomic mass is 9.52. The first-order chi connectivity index (χ1) is 8.45. The van der Waals surface area contributed by atoms with Crippen LogP contribution in [-0.4, -0.2) is 12.7 Å². The molecule has 0 heterocycles. The van der Waals surface area contributed by atoms with E-state index >= 15 is 0 Å². The topological polar surface area (TPSA) is 9.23 Å². The van der Waals surface area contributed by atoms with Crippen LogP contribution in [0.2, 0.25) is 0 Å². The number of allylic oxidation sites excluding steroid dienone is 1. The van der Waals surface area contributed by atoms with Crippen molar-refractivity contribution in [3.63, 3.8) is 0 Å². The van der Waals surface area contributed by atoms with Gasteiger partial charge in [0.05, 0.1) is 6.10 Å². The van der Waals surface area contributed by atoms with Gasteiger partial charge in [-0.25, -0.2) is 0 Å². The molecule has 0 amide bonds. The van der Waals surface area contributed by atoms with Crippen molar-refractivity contribution in [2.75, 3.05) is 6.61 Å². The summed E-state index contributed by atoms with van der Waals surface area (Å²) in [4.78, 5) is 0. The predicted octanol–water partition coefficient (Wildman–Crippen LogP) is 4.74. The normalized spacial score (nSPS) is 35.7. The van der Waals surface area contributed by atoms with Gasteiger partial charge in [0.2, 0.25) is 0 Å². The summed E-state index contributed by atoms with van der Waals surface area (Å²) in [6, 6.07) is 0. The van der Waals surface area contributed by atoms with E-state index in [1.54, 1.807) is 0 Å². The molecule has 0 N–H and O–H groups in total. The number of fused-ring (bicyclic) bond motifs is 1. The third kappa shape index (κ3) is 2.56. The highest BCUT2D eigenvalue weighted by Gasteiger charge is 2.48. The molecule has 1 saturated carbocycles. The second kappa shape index (κ2) is 5.21. The summed E-state index contributed by atoms with van der Waals surface area (Å²) >= 11 is 0. The van der Waals surface area contributed by atoms with Crippen LogP contribution in [0.3, 0.4) is 0 Å². The molecule has 18 heavy (non-hydrogen) atoms. The molecule has 1 fully saturated rings. The fourth-order valence-electron chi connectivity index (χ4n) is 3.79. The smallest absolute Gasteiger partial charge is 0.0819 e. The molecule has 0 bridgehead atoms. The zero-order valence-corrected chi connectivity index (χ0v) is 12.5. The number of rotatable bonds is 2. The van der Waals surface area contributed by atoms with E-state index in [4.69, 9.17) is 4.74 Å². The van der Waals surface area contributed by atoms with E-state index < -0.39 is 0 Å². The van der Waals surface area contributed by atoms with Crippen LogP contribution in [0.25, 0.3) is 0 Å². The third-order valence-corrected chi connectivity index (χ3v) is 5.02. The van der Waals surface area contributed by atoms with Gasteiger partial charge in [-0.1, -0.05) is 32.1 Å². The second-order valence-corrected chi connectivity index (χ2v) is 6.75. The molecule has 2 rings (SSSR count). The summed E-state index contributed by atoms with van der Waals surface area (Å²) in [6.07, 6.45) is 7.48. The molecule has 3 atom stereocenters. The molecule has 0 aliphatic heterocycles. The fraction of sp³-hybridized carbons (Fsp3) is 0.765. The molecule has 0 aromatic rings. The van der Waals surface area contributed by atoms with Crippen LogP contribution < -0.4 is 0 Å². The van der Waals surface area contributed by atoms with Gasteiger partial charge in [0.25, 0.3) is 0 Å². The van der Waals surface area contributed by atoms with Crippen molar-refractivity contribution in [1.29, 1.82) is 0 Å². The van der Waals surface area contributed by atoms with Crippen molar-refractivity contribution in [1.82, 2.24) is 0 Å². The Morgan fingerprint density at radius 1 is 1.44 bits per heavy atom. The van der Waals surface area contributed by atoms with Crippen LogP contribution in [-0.2, 0) is 4.74 Å². The van der Waals surface area contributed by atoms with E-state index in [0.29, 0.717) is 11.3 Å². The summed E-state index contributed by atoms with van der Waals surface area (Å²) in [5, 5.41) is 0. The molecule has 2 aliphatic carbocycles. The predicted molar refractivity (Wildman–Crippen MR) is 77.5 cm³/mol. The Bertz CT molecular complexity index is 351. The van der Waals surface area contributed by atoms with Crippen molar-refractivity contribution < 1.29 is 4.74 Å². The fourth-order valence-corrected chi connectivity index (χ4v) is 3.79. The largest absolute Gasteiger partial charge is 0.374 e. The van der Waals surface area contributed by atoms with Crippen LogP contribution in [0.15, 0.2) is 23.8 Å². The molecule has 0 aromatic heterocycles. The molecule has 1 nitrogen and oxygen atoms in total. The first kappa shape index (κ1) is 13.9. The molecule has 1 heteroatoms. The van der Waals surface area contributed by atoms with Gasteiger partial charge < -0.3 is 4.74 Å². The van der Waals surface area contributed by atoms with Gasteiger partial charge in [-0.3, -0.25) is 0 Å². The first-order valence-electron chi connectivity index (χ1n) is 7.41. The molecule has 0 aromatic carbocycles. The van der Waals surface area contributed by atoms with Crippen molar-refractivity contribution in [3.05, 3.63) is 23.8 Å². The number of hydrogen-bond donors (Lipinski definition) is 0. The van der Waals surface area contributed by atoms with Gasteiger partial charge in [0.15, 0.2) is 0 Å². The zero-order valence-electron chi connectivity index (χ0n) is 12.5. The number of ether oxygens (including phenoxy) is 1. The zero-order chi connectivity index (χ0) is 13.3. The minimum atomic E-state index is 0.242. The van der Waals surface area contributed by atoms with Crippen molar-refractivity contribution in [2.45, 2.75) is 59.5 Å². The highest BCUT2D eigenvalue weighted by atomic mass is 16.5. The highest BCUT2D eigenvalue weighted by molar-refractivity contribution is 5.20. The van der Waals surface area contributed by atoms with Gasteiger partial charge in [0.1, 0.15) is 0 Å². The van der Waals surface area contributed by atoms with Crippen molar-refractivity contribution in [2.24, 2.45) is 17.3 Å². The van der Waals surface area contributed by atoms with E-state index in [-0.39, 0.29) is 6.10 Å². The van der Waals surface area contributed by atoms with Gasteiger partial charge in [0, 0.05) is 6.61 Å². The van der Waals surface area contributed by atoms with Gasteiger partial charge in [-0.2, -0.15) is 0 Å². The van der Waals surface area contributed by atoms with E-state index in [1.165, 1.54) is 30.4 Å². The van der Waals surface area contributed by atoms with Crippen LogP contribution in [0.5, 0.6) is 0 Å². The first-order valence-corrected chi connectivity index (χ1v) is 7.41. The molecule has 102 valence electrons. The molecule has 2 aliphatic rings. The minimum Gasteiger partial charge on any atom is -0.374 e. The van der Waals surface area contributed by atoms with Crippen LogP contribution in [0.1, 0.15) is 53.4 Å². The summed E-state index contributed by atoms with van der Waals surface area (Å²) in [6.45, 7) is 14.3. The Balaban J connectivity index is 2.18. The molecular formula is C17H28O. The summed E-state index contributed by atoms with van der Waals surface area (Å²) in [5.41, 5.74) is 3.37. The maximum atomic E-state index is 5.91. The standard InChI is InChI=1S/C17H28O/c1-6-18-16-10-8-12(2)7-9-15-14(13(16)3)11-17(15,4)5/h8,14-16H,3,6-7,9-11H2,1-2,4-5H3.